The SMILES string of the molecule is CN=C(NCc1cccc(CN2CCCC2=O)c1)N1CCC(OCC2CCCC2)CC1.I. The third-order valence-electron chi connectivity index (χ3n) is 6.98. The number of carbonyl (C=O) groups excluding carboxylic acids is 1. The van der Waals surface area contributed by atoms with Crippen molar-refractivity contribution >= 4 is 35.8 Å². The van der Waals surface area contributed by atoms with Gasteiger partial charge in [0.15, 0.2) is 5.96 Å². The zero-order valence-electron chi connectivity index (χ0n) is 19.4. The number of piperidine rings is 1. The number of nitrogens with one attached hydrogen (secondary N) is 1. The number of amides is 1. The Balaban J connectivity index is 0.00000289. The van der Waals surface area contributed by atoms with Crippen molar-refractivity contribution in [3.8, 4) is 0 Å². The Labute approximate surface area is 210 Å². The summed E-state index contributed by atoms with van der Waals surface area (Å²) >= 11 is 0. The van der Waals surface area contributed by atoms with Crippen LogP contribution in [0.5, 0.6) is 0 Å². The summed E-state index contributed by atoms with van der Waals surface area (Å²) in [5, 5.41) is 3.53. The van der Waals surface area contributed by atoms with Crippen molar-refractivity contribution in [3.05, 3.63) is 35.4 Å². The van der Waals surface area contributed by atoms with Crippen LogP contribution in [0.3, 0.4) is 0 Å². The molecule has 7 heteroatoms. The fraction of sp³-hybridized carbons (Fsp3) is 0.680. The number of guanidine groups is 1. The van der Waals surface area contributed by atoms with Crippen LogP contribution >= 0.6 is 24.0 Å². The van der Waals surface area contributed by atoms with Crippen LogP contribution in [-0.4, -0.2) is 61.1 Å². The average Bonchev–Trinajstić information content (AvgIpc) is 3.46. The van der Waals surface area contributed by atoms with Gasteiger partial charge in [-0.2, -0.15) is 0 Å². The molecule has 0 unspecified atom stereocenters. The molecule has 1 N–H and O–H groups in total. The van der Waals surface area contributed by atoms with E-state index in [0.717, 1.165) is 70.5 Å². The fourth-order valence-electron chi connectivity index (χ4n) is 5.13. The standard InChI is InChI=1S/C25H38N4O2.HI/c1-26-25(28-14-11-23(12-15-28)31-19-20-6-2-3-7-20)27-17-21-8-4-9-22(16-21)18-29-13-5-10-24(29)30;/h4,8-9,16,20,23H,2-3,5-7,10-15,17-19H2,1H3,(H,26,27);1H. The molecular weight excluding hydrogens is 515 g/mol. The molecule has 1 aromatic carbocycles. The highest BCUT2D eigenvalue weighted by Gasteiger charge is 2.24. The van der Waals surface area contributed by atoms with E-state index in [1.54, 1.807) is 0 Å². The lowest BCUT2D eigenvalue weighted by atomic mass is 10.1. The Morgan fingerprint density at radius 3 is 2.53 bits per heavy atom. The second-order valence-corrected chi connectivity index (χ2v) is 9.31. The van der Waals surface area contributed by atoms with E-state index in [2.05, 4.69) is 39.5 Å². The molecule has 1 amide bonds. The number of likely N-dealkylation sites (tertiary alicyclic amines) is 2. The number of nitrogens with zero attached hydrogens (tertiary/aromatic N) is 3. The molecule has 0 spiro atoms. The molecule has 32 heavy (non-hydrogen) atoms. The normalized spacial score (nSPS) is 20.7. The van der Waals surface area contributed by atoms with Crippen LogP contribution < -0.4 is 5.32 Å². The molecule has 2 aliphatic heterocycles. The van der Waals surface area contributed by atoms with Gasteiger partial charge < -0.3 is 19.9 Å². The first-order valence-electron chi connectivity index (χ1n) is 12.1. The van der Waals surface area contributed by atoms with E-state index < -0.39 is 0 Å². The maximum absolute atomic E-state index is 11.9. The van der Waals surface area contributed by atoms with Crippen molar-refractivity contribution in [1.29, 1.82) is 0 Å². The van der Waals surface area contributed by atoms with Crippen molar-refractivity contribution in [2.45, 2.75) is 70.6 Å². The van der Waals surface area contributed by atoms with Gasteiger partial charge in [0.2, 0.25) is 5.91 Å². The molecule has 178 valence electrons. The molecule has 2 heterocycles. The van der Waals surface area contributed by atoms with Crippen molar-refractivity contribution in [2.24, 2.45) is 10.9 Å². The van der Waals surface area contributed by atoms with Crippen molar-refractivity contribution in [2.75, 3.05) is 33.3 Å². The monoisotopic (exact) mass is 554 g/mol. The number of carbonyl (C=O) groups is 1. The molecule has 1 saturated carbocycles. The van der Waals surface area contributed by atoms with Crippen molar-refractivity contribution in [1.82, 2.24) is 15.1 Å². The minimum atomic E-state index is 0. The van der Waals surface area contributed by atoms with Crippen LogP contribution in [0.1, 0.15) is 62.5 Å². The Morgan fingerprint density at radius 2 is 1.84 bits per heavy atom. The van der Waals surface area contributed by atoms with Gasteiger partial charge in [0.05, 0.1) is 6.10 Å². The number of aliphatic imine (C=N–C) groups is 1. The van der Waals surface area contributed by atoms with Gasteiger partial charge in [-0.05, 0) is 49.1 Å². The molecule has 0 radical (unpaired) electrons. The van der Waals surface area contributed by atoms with Crippen molar-refractivity contribution < 1.29 is 9.53 Å². The molecule has 1 aromatic rings. The van der Waals surface area contributed by atoms with Crippen LogP contribution in [0, 0.1) is 5.92 Å². The number of hydrogen-bond donors (Lipinski definition) is 1. The molecule has 4 rings (SSSR count). The number of rotatable bonds is 7. The summed E-state index contributed by atoms with van der Waals surface area (Å²) in [5.74, 6) is 2.04. The second kappa shape index (κ2) is 12.8. The third-order valence-corrected chi connectivity index (χ3v) is 6.98. The maximum atomic E-state index is 11.9. The summed E-state index contributed by atoms with van der Waals surface area (Å²) in [5.41, 5.74) is 2.42. The van der Waals surface area contributed by atoms with Crippen LogP contribution in [0.4, 0.5) is 0 Å². The van der Waals surface area contributed by atoms with E-state index in [-0.39, 0.29) is 29.9 Å². The molecule has 0 aromatic heterocycles. The predicted octanol–water partition coefficient (Wildman–Crippen LogP) is 4.17. The van der Waals surface area contributed by atoms with Gasteiger partial charge >= 0.3 is 0 Å². The molecule has 6 nitrogen and oxygen atoms in total. The molecular formula is C25H39IN4O2. The summed E-state index contributed by atoms with van der Waals surface area (Å²) < 4.78 is 6.22. The number of halogens is 1. The molecule has 0 bridgehead atoms. The van der Waals surface area contributed by atoms with E-state index >= 15 is 0 Å². The molecule has 3 fully saturated rings. The molecule has 2 saturated heterocycles. The Bertz CT molecular complexity index is 758. The van der Waals surface area contributed by atoms with Gasteiger partial charge in [-0.15, -0.1) is 24.0 Å². The third kappa shape index (κ3) is 7.07. The summed E-state index contributed by atoms with van der Waals surface area (Å²) in [6.45, 7) is 5.28. The van der Waals surface area contributed by atoms with Crippen LogP contribution in [-0.2, 0) is 22.6 Å². The summed E-state index contributed by atoms with van der Waals surface area (Å²) in [4.78, 5) is 20.7. The lowest BCUT2D eigenvalue weighted by molar-refractivity contribution is -0.128. The van der Waals surface area contributed by atoms with Crippen LogP contribution in [0.15, 0.2) is 29.3 Å². The summed E-state index contributed by atoms with van der Waals surface area (Å²) in [6, 6.07) is 8.54. The predicted molar refractivity (Wildman–Crippen MR) is 139 cm³/mol. The fourth-order valence-corrected chi connectivity index (χ4v) is 5.13. The summed E-state index contributed by atoms with van der Waals surface area (Å²) in [7, 11) is 1.86. The second-order valence-electron chi connectivity index (χ2n) is 9.31. The number of hydrogen-bond acceptors (Lipinski definition) is 3. The highest BCUT2D eigenvalue weighted by atomic mass is 127. The Hall–Kier alpha value is -1.35. The topological polar surface area (TPSA) is 57.2 Å². The van der Waals surface area contributed by atoms with E-state index in [4.69, 9.17) is 4.74 Å². The first kappa shape index (κ1) is 25.3. The molecule has 0 atom stereocenters. The van der Waals surface area contributed by atoms with E-state index in [1.807, 2.05) is 11.9 Å². The largest absolute Gasteiger partial charge is 0.378 e. The first-order valence-corrected chi connectivity index (χ1v) is 12.1. The average molecular weight is 555 g/mol. The van der Waals surface area contributed by atoms with Crippen molar-refractivity contribution in [3.63, 3.8) is 0 Å². The van der Waals surface area contributed by atoms with Crippen LogP contribution in [0.2, 0.25) is 0 Å². The van der Waals surface area contributed by atoms with Gasteiger partial charge in [0.1, 0.15) is 0 Å². The van der Waals surface area contributed by atoms with Crippen LogP contribution in [0.25, 0.3) is 0 Å². The zero-order chi connectivity index (χ0) is 21.5. The van der Waals surface area contributed by atoms with E-state index in [1.165, 1.54) is 36.8 Å². The quantitative estimate of drug-likeness (QED) is 0.312. The van der Waals surface area contributed by atoms with Gasteiger partial charge in [-0.1, -0.05) is 37.1 Å². The summed E-state index contributed by atoms with van der Waals surface area (Å²) in [6.07, 6.45) is 9.70. The minimum Gasteiger partial charge on any atom is -0.378 e. The van der Waals surface area contributed by atoms with Gasteiger partial charge in [-0.25, -0.2) is 0 Å². The number of benzene rings is 1. The van der Waals surface area contributed by atoms with Gasteiger partial charge in [0, 0.05) is 52.8 Å². The maximum Gasteiger partial charge on any atom is 0.222 e. The van der Waals surface area contributed by atoms with E-state index in [0.29, 0.717) is 12.5 Å². The first-order chi connectivity index (χ1) is 15.2. The van der Waals surface area contributed by atoms with Gasteiger partial charge in [0.25, 0.3) is 0 Å². The minimum absolute atomic E-state index is 0. The lowest BCUT2D eigenvalue weighted by Crippen LogP contribution is -2.46. The Morgan fingerprint density at radius 1 is 1.09 bits per heavy atom. The Kier molecular flexibility index (Phi) is 10.1. The highest BCUT2D eigenvalue weighted by Crippen LogP contribution is 2.26. The number of ether oxygens (including phenoxy) is 1. The van der Waals surface area contributed by atoms with E-state index in [9.17, 15) is 4.79 Å². The zero-order valence-corrected chi connectivity index (χ0v) is 21.8. The smallest absolute Gasteiger partial charge is 0.222 e. The lowest BCUT2D eigenvalue weighted by Gasteiger charge is -2.34. The molecule has 1 aliphatic carbocycles. The highest BCUT2D eigenvalue weighted by molar-refractivity contribution is 14.0. The molecule has 3 aliphatic rings. The van der Waals surface area contributed by atoms with Gasteiger partial charge in [-0.3, -0.25) is 9.79 Å².